The Morgan fingerprint density at radius 2 is 2.06 bits per heavy atom. The Balaban J connectivity index is 0.000000221. The quantitative estimate of drug-likeness (QED) is 0.835. The van der Waals surface area contributed by atoms with E-state index in [1.54, 1.807) is 6.20 Å². The van der Waals surface area contributed by atoms with Crippen molar-refractivity contribution in [1.29, 1.82) is 0 Å². The summed E-state index contributed by atoms with van der Waals surface area (Å²) in [6.07, 6.45) is 1.76. The fraction of sp³-hybridized carbons (Fsp3) is 0.0909. The molecule has 0 aliphatic heterocycles. The van der Waals surface area contributed by atoms with E-state index in [0.29, 0.717) is 0 Å². The highest BCUT2D eigenvalue weighted by molar-refractivity contribution is 6.35. The zero-order valence-electron chi connectivity index (χ0n) is 8.23. The first-order valence-corrected chi connectivity index (χ1v) is 4.80. The minimum absolute atomic E-state index is 0.760. The number of carboxylic acids is 1. The Labute approximate surface area is 96.5 Å². The maximum atomic E-state index is 10.5. The van der Waals surface area contributed by atoms with Gasteiger partial charge in [0.05, 0.1) is 5.52 Å². The molecule has 0 saturated heterocycles. The van der Waals surface area contributed by atoms with Crippen LogP contribution in [0, 0.1) is 0 Å². The van der Waals surface area contributed by atoms with Gasteiger partial charge in [0.25, 0.3) is 0 Å². The fourth-order valence-electron chi connectivity index (χ4n) is 1.07. The molecule has 0 radical (unpaired) electrons. The summed E-state index contributed by atoms with van der Waals surface area (Å²) in [6, 6.07) is 9.56. The number of aliphatic carboxylic acids is 1. The summed E-state index contributed by atoms with van der Waals surface area (Å²) in [6.45, 7) is -1.28. The fourth-order valence-corrected chi connectivity index (χ4v) is 1.30. The van der Waals surface area contributed by atoms with Crippen LogP contribution in [0.15, 0.2) is 36.5 Å². The van der Waals surface area contributed by atoms with Crippen molar-refractivity contribution in [3.05, 3.63) is 41.6 Å². The zero-order valence-corrected chi connectivity index (χ0v) is 8.99. The lowest BCUT2D eigenvalue weighted by Crippen LogP contribution is -1.93. The van der Waals surface area contributed by atoms with Crippen LogP contribution in [0.4, 0.5) is 4.39 Å². The molecule has 2 aromatic rings. The largest absolute Gasteiger partial charge is 0.479 e. The summed E-state index contributed by atoms with van der Waals surface area (Å²) in [5.74, 6) is -1.41. The Bertz CT molecular complexity index is 485. The van der Waals surface area contributed by atoms with Gasteiger partial charge in [-0.3, -0.25) is 4.98 Å². The molecule has 1 heterocycles. The minimum Gasteiger partial charge on any atom is -0.479 e. The van der Waals surface area contributed by atoms with Crippen molar-refractivity contribution in [2.75, 3.05) is 6.67 Å². The summed E-state index contributed by atoms with van der Waals surface area (Å²) < 4.78 is 10.5. The molecule has 1 aromatic heterocycles. The molecule has 84 valence electrons. The summed E-state index contributed by atoms with van der Waals surface area (Å²) in [5, 5.41) is 9.12. The molecule has 3 nitrogen and oxygen atoms in total. The number of hydrogen-bond acceptors (Lipinski definition) is 2. The van der Waals surface area contributed by atoms with Crippen molar-refractivity contribution in [3.8, 4) is 0 Å². The predicted molar refractivity (Wildman–Crippen MR) is 60.4 cm³/mol. The molecular weight excluding hydrogens is 233 g/mol. The average Bonchev–Trinajstić information content (AvgIpc) is 2.30. The Hall–Kier alpha value is -1.68. The molecule has 1 N–H and O–H groups in total. The number of benzene rings is 1. The van der Waals surface area contributed by atoms with Gasteiger partial charge in [-0.1, -0.05) is 17.7 Å². The maximum Gasteiger partial charge on any atom is 0.335 e. The second-order valence-electron chi connectivity index (χ2n) is 2.84. The summed E-state index contributed by atoms with van der Waals surface area (Å²) in [4.78, 5) is 13.2. The number of carbonyl (C=O) groups is 1. The van der Waals surface area contributed by atoms with Gasteiger partial charge in [-0.25, -0.2) is 9.18 Å². The molecule has 0 atom stereocenters. The molecule has 0 fully saturated rings. The van der Waals surface area contributed by atoms with Crippen LogP contribution in [-0.2, 0) is 4.79 Å². The SMILES string of the molecule is Clc1cccc2ncccc12.O=C(O)CF. The van der Waals surface area contributed by atoms with Crippen LogP contribution in [0.25, 0.3) is 10.9 Å². The van der Waals surface area contributed by atoms with Gasteiger partial charge in [-0.05, 0) is 24.3 Å². The van der Waals surface area contributed by atoms with Gasteiger partial charge in [0.2, 0.25) is 0 Å². The van der Waals surface area contributed by atoms with E-state index >= 15 is 0 Å². The van der Waals surface area contributed by atoms with Crippen LogP contribution in [0.5, 0.6) is 0 Å². The molecule has 0 aliphatic carbocycles. The molecule has 0 saturated carbocycles. The van der Waals surface area contributed by atoms with E-state index < -0.39 is 12.6 Å². The Kier molecular flexibility index (Phi) is 4.66. The molecule has 0 bridgehead atoms. The molecule has 2 rings (SSSR count). The summed E-state index contributed by atoms with van der Waals surface area (Å²) >= 11 is 5.92. The third-order valence-corrected chi connectivity index (χ3v) is 2.04. The van der Waals surface area contributed by atoms with Gasteiger partial charge in [0, 0.05) is 16.6 Å². The van der Waals surface area contributed by atoms with Crippen molar-refractivity contribution >= 4 is 28.5 Å². The van der Waals surface area contributed by atoms with Crippen LogP contribution in [-0.4, -0.2) is 22.7 Å². The van der Waals surface area contributed by atoms with E-state index in [9.17, 15) is 4.39 Å². The van der Waals surface area contributed by atoms with Crippen molar-refractivity contribution in [2.45, 2.75) is 0 Å². The molecule has 0 aliphatic rings. The highest BCUT2D eigenvalue weighted by atomic mass is 35.5. The first-order chi connectivity index (χ1) is 7.65. The molecule has 0 amide bonds. The molecule has 16 heavy (non-hydrogen) atoms. The van der Waals surface area contributed by atoms with Crippen LogP contribution in [0.3, 0.4) is 0 Å². The van der Waals surface area contributed by atoms with E-state index in [2.05, 4.69) is 4.98 Å². The Morgan fingerprint density at radius 3 is 2.62 bits per heavy atom. The Morgan fingerprint density at radius 1 is 1.38 bits per heavy atom. The molecule has 1 aromatic carbocycles. The normalized spacial score (nSPS) is 9.38. The van der Waals surface area contributed by atoms with Gasteiger partial charge >= 0.3 is 5.97 Å². The average molecular weight is 242 g/mol. The van der Waals surface area contributed by atoms with Crippen molar-refractivity contribution in [1.82, 2.24) is 4.98 Å². The minimum atomic E-state index is -1.41. The highest BCUT2D eigenvalue weighted by Crippen LogP contribution is 2.20. The summed E-state index contributed by atoms with van der Waals surface area (Å²) in [7, 11) is 0. The van der Waals surface area contributed by atoms with Crippen LogP contribution < -0.4 is 0 Å². The molecule has 0 spiro atoms. The standard InChI is InChI=1S/C9H6ClN.C2H3FO2/c10-8-4-1-5-9-7(8)3-2-6-11-9;3-1-2(4)5/h1-6H;1H2,(H,4,5). The third kappa shape index (κ3) is 3.47. The van der Waals surface area contributed by atoms with Crippen molar-refractivity contribution in [3.63, 3.8) is 0 Å². The van der Waals surface area contributed by atoms with E-state index in [1.807, 2.05) is 30.3 Å². The first kappa shape index (κ1) is 12.4. The van der Waals surface area contributed by atoms with Crippen molar-refractivity contribution in [2.24, 2.45) is 0 Å². The van der Waals surface area contributed by atoms with Gasteiger partial charge < -0.3 is 5.11 Å². The van der Waals surface area contributed by atoms with E-state index in [4.69, 9.17) is 21.5 Å². The van der Waals surface area contributed by atoms with Crippen molar-refractivity contribution < 1.29 is 14.3 Å². The predicted octanol–water partition coefficient (Wildman–Crippen LogP) is 2.93. The molecule has 5 heteroatoms. The van der Waals surface area contributed by atoms with Gasteiger partial charge in [-0.2, -0.15) is 0 Å². The van der Waals surface area contributed by atoms with E-state index in [-0.39, 0.29) is 0 Å². The number of hydrogen-bond donors (Lipinski definition) is 1. The van der Waals surface area contributed by atoms with Crippen LogP contribution in [0.1, 0.15) is 0 Å². The van der Waals surface area contributed by atoms with Gasteiger partial charge in [0.1, 0.15) is 0 Å². The number of alkyl halides is 1. The number of carboxylic acid groups (broad SMARTS) is 1. The van der Waals surface area contributed by atoms with Crippen LogP contribution in [0.2, 0.25) is 5.02 Å². The zero-order chi connectivity index (χ0) is 12.0. The number of fused-ring (bicyclic) bond motifs is 1. The number of aromatic nitrogens is 1. The van der Waals surface area contributed by atoms with E-state index in [1.165, 1.54) is 0 Å². The smallest absolute Gasteiger partial charge is 0.335 e. The van der Waals surface area contributed by atoms with E-state index in [0.717, 1.165) is 15.9 Å². The topological polar surface area (TPSA) is 50.2 Å². The summed E-state index contributed by atoms with van der Waals surface area (Å²) in [5.41, 5.74) is 0.944. The lowest BCUT2D eigenvalue weighted by atomic mass is 10.2. The maximum absolute atomic E-state index is 10.5. The molecule has 0 unspecified atom stereocenters. The number of nitrogens with zero attached hydrogens (tertiary/aromatic N) is 1. The second kappa shape index (κ2) is 6.02. The lowest BCUT2D eigenvalue weighted by molar-refractivity contribution is -0.137. The number of pyridine rings is 1. The molecular formula is C11H9ClFNO2. The highest BCUT2D eigenvalue weighted by Gasteiger charge is 1.95. The van der Waals surface area contributed by atoms with Gasteiger partial charge in [-0.15, -0.1) is 0 Å². The number of rotatable bonds is 1. The monoisotopic (exact) mass is 241 g/mol. The van der Waals surface area contributed by atoms with Crippen LogP contribution >= 0.6 is 11.6 Å². The first-order valence-electron chi connectivity index (χ1n) is 4.42. The third-order valence-electron chi connectivity index (χ3n) is 1.71. The van der Waals surface area contributed by atoms with Gasteiger partial charge in [0.15, 0.2) is 6.67 Å². The number of halogens is 2. The second-order valence-corrected chi connectivity index (χ2v) is 3.24. The lowest BCUT2D eigenvalue weighted by Gasteiger charge is -1.96.